The van der Waals surface area contributed by atoms with Crippen molar-refractivity contribution in [2.24, 2.45) is 0 Å². The van der Waals surface area contributed by atoms with Gasteiger partial charge in [0, 0.05) is 61.7 Å². The number of aryl methyl sites for hydroxylation is 1. The zero-order valence-electron chi connectivity index (χ0n) is 36.6. The van der Waals surface area contributed by atoms with E-state index in [1.54, 1.807) is 0 Å². The fourth-order valence-corrected chi connectivity index (χ4v) is 9.90. The van der Waals surface area contributed by atoms with E-state index in [0.717, 1.165) is 64.5 Å². The van der Waals surface area contributed by atoms with Crippen molar-refractivity contribution in [3.8, 4) is 11.1 Å². The van der Waals surface area contributed by atoms with Crippen LogP contribution in [0, 0.1) is 6.92 Å². The average Bonchev–Trinajstić information content (AvgIpc) is 3.85. The summed E-state index contributed by atoms with van der Waals surface area (Å²) in [7, 11) is 0. The van der Waals surface area contributed by atoms with Gasteiger partial charge < -0.3 is 18.9 Å². The molecule has 0 N–H and O–H groups in total. The Bertz CT molecular complexity index is 3360. The van der Waals surface area contributed by atoms with E-state index in [0.29, 0.717) is 0 Å². The van der Waals surface area contributed by atoms with E-state index in [1.165, 1.54) is 49.7 Å². The molecule has 9 aromatic rings. The lowest BCUT2D eigenvalue weighted by atomic mass is 10.0. The van der Waals surface area contributed by atoms with Gasteiger partial charge in [0.2, 0.25) is 0 Å². The maximum Gasteiger partial charge on any atom is 0.0561 e. The molecular formula is C61H50N4. The van der Waals surface area contributed by atoms with Gasteiger partial charge in [-0.3, -0.25) is 0 Å². The lowest BCUT2D eigenvalue weighted by Crippen LogP contribution is -2.11. The van der Waals surface area contributed by atoms with E-state index < -0.39 is 0 Å². The first-order valence-electron chi connectivity index (χ1n) is 22.7. The van der Waals surface area contributed by atoms with Gasteiger partial charge in [-0.05, 0) is 134 Å². The normalized spacial score (nSPS) is 14.7. The van der Waals surface area contributed by atoms with Crippen LogP contribution in [0.25, 0.3) is 55.6 Å². The van der Waals surface area contributed by atoms with Gasteiger partial charge in [0.1, 0.15) is 0 Å². The molecule has 7 aromatic carbocycles. The first kappa shape index (κ1) is 39.7. The SMILES string of the molecule is C=C/C=C\c1c(C)c2ccc(N(c3ccccc3)c3ccc(-c4ccc(N(c5ccccc5)c5ccc6c7ccccc7n(C7=CCCC=C7)c6c5)cc4)cc3)cc2n1C1C=CC=CC1. The molecule has 2 aromatic heterocycles. The van der Waals surface area contributed by atoms with Crippen LogP contribution in [-0.2, 0) is 0 Å². The Morgan fingerprint density at radius 3 is 1.71 bits per heavy atom. The largest absolute Gasteiger partial charge is 0.333 e. The number of nitrogens with zero attached hydrogens (tertiary/aromatic N) is 4. The third-order valence-corrected chi connectivity index (χ3v) is 13.0. The molecule has 4 heteroatoms. The number of aromatic nitrogens is 2. The fraction of sp³-hybridized carbons (Fsp3) is 0.0820. The van der Waals surface area contributed by atoms with Crippen LogP contribution in [-0.4, -0.2) is 9.13 Å². The lowest BCUT2D eigenvalue weighted by Gasteiger charge is -2.27. The first-order valence-corrected chi connectivity index (χ1v) is 22.7. The standard InChI is InChI=1S/C61H50N4/c1-3-4-28-58-44(2)55-40-38-53(42-60(55)64(58)49-23-13-7-14-24-49)62(47-19-9-5-10-20-47)51-34-30-45(31-35-51)46-32-36-52(37-33-46)63(48-21-11-6-12-22-48)54-39-41-57-56-27-17-18-29-59(56)65(61(57)43-54)50-25-15-8-16-26-50/h3-7,9-15,17-23,25-43,49H,1,8,16,24H2,2H3/b28-4-. The van der Waals surface area contributed by atoms with Crippen LogP contribution in [0.1, 0.15) is 36.6 Å². The maximum atomic E-state index is 3.96. The molecule has 314 valence electrons. The summed E-state index contributed by atoms with van der Waals surface area (Å²) < 4.78 is 4.93. The highest BCUT2D eigenvalue weighted by molar-refractivity contribution is 6.11. The van der Waals surface area contributed by atoms with Crippen molar-refractivity contribution < 1.29 is 0 Å². The molecule has 11 rings (SSSR count). The number of benzene rings is 7. The van der Waals surface area contributed by atoms with E-state index in [9.17, 15) is 0 Å². The third-order valence-electron chi connectivity index (χ3n) is 13.0. The van der Waals surface area contributed by atoms with Gasteiger partial charge in [0.15, 0.2) is 0 Å². The molecule has 2 aliphatic carbocycles. The molecule has 4 nitrogen and oxygen atoms in total. The van der Waals surface area contributed by atoms with Crippen molar-refractivity contribution in [2.75, 3.05) is 9.80 Å². The van der Waals surface area contributed by atoms with Crippen molar-refractivity contribution in [1.82, 2.24) is 9.13 Å². The van der Waals surface area contributed by atoms with Crippen molar-refractivity contribution in [3.63, 3.8) is 0 Å². The number of rotatable bonds is 11. The third kappa shape index (κ3) is 7.33. The molecule has 65 heavy (non-hydrogen) atoms. The first-order chi connectivity index (χ1) is 32.1. The second-order valence-electron chi connectivity index (χ2n) is 16.9. The predicted molar refractivity (Wildman–Crippen MR) is 278 cm³/mol. The van der Waals surface area contributed by atoms with Crippen LogP contribution >= 0.6 is 0 Å². The van der Waals surface area contributed by atoms with Crippen LogP contribution in [0.5, 0.6) is 0 Å². The summed E-state index contributed by atoms with van der Waals surface area (Å²) in [6.07, 6.45) is 25.0. The van der Waals surface area contributed by atoms with Gasteiger partial charge in [-0.1, -0.05) is 146 Å². The zero-order valence-corrected chi connectivity index (χ0v) is 36.6. The summed E-state index contributed by atoms with van der Waals surface area (Å²) in [6, 6.07) is 62.2. The van der Waals surface area contributed by atoms with E-state index in [2.05, 4.69) is 251 Å². The molecule has 1 unspecified atom stereocenters. The number of hydrogen-bond acceptors (Lipinski definition) is 2. The molecule has 0 amide bonds. The maximum absolute atomic E-state index is 3.96. The highest BCUT2D eigenvalue weighted by Crippen LogP contribution is 2.43. The van der Waals surface area contributed by atoms with E-state index in [4.69, 9.17) is 0 Å². The molecule has 2 heterocycles. The summed E-state index contributed by atoms with van der Waals surface area (Å²) in [5.74, 6) is 0. The van der Waals surface area contributed by atoms with Crippen LogP contribution in [0.3, 0.4) is 0 Å². The van der Waals surface area contributed by atoms with E-state index in [-0.39, 0.29) is 6.04 Å². The summed E-state index contributed by atoms with van der Waals surface area (Å²) in [6.45, 7) is 6.19. The number of hydrogen-bond donors (Lipinski definition) is 0. The quantitative estimate of drug-likeness (QED) is 0.121. The average molecular weight is 839 g/mol. The molecule has 0 aliphatic heterocycles. The van der Waals surface area contributed by atoms with Crippen molar-refractivity contribution in [3.05, 3.63) is 242 Å². The minimum Gasteiger partial charge on any atom is -0.333 e. The van der Waals surface area contributed by atoms with Gasteiger partial charge in [0.05, 0.1) is 22.6 Å². The highest BCUT2D eigenvalue weighted by Gasteiger charge is 2.22. The number of allylic oxidation sites excluding steroid dienone is 10. The molecule has 0 radical (unpaired) electrons. The minimum absolute atomic E-state index is 0.227. The van der Waals surface area contributed by atoms with E-state index in [1.807, 2.05) is 12.2 Å². The number of para-hydroxylation sites is 3. The Hall–Kier alpha value is -8.08. The zero-order chi connectivity index (χ0) is 43.7. The van der Waals surface area contributed by atoms with Crippen LogP contribution in [0.4, 0.5) is 34.1 Å². The molecule has 0 spiro atoms. The molecule has 0 fully saturated rings. The molecule has 1 atom stereocenters. The summed E-state index contributed by atoms with van der Waals surface area (Å²) >= 11 is 0. The molecular weight excluding hydrogens is 789 g/mol. The highest BCUT2D eigenvalue weighted by atomic mass is 15.2. The van der Waals surface area contributed by atoms with Gasteiger partial charge >= 0.3 is 0 Å². The summed E-state index contributed by atoms with van der Waals surface area (Å²) in [5, 5.41) is 3.79. The Kier molecular flexibility index (Phi) is 10.5. The monoisotopic (exact) mass is 838 g/mol. The second kappa shape index (κ2) is 17.2. The Balaban J connectivity index is 0.952. The number of anilines is 6. The smallest absolute Gasteiger partial charge is 0.0561 e. The topological polar surface area (TPSA) is 16.3 Å². The van der Waals surface area contributed by atoms with Crippen molar-refractivity contribution >= 4 is 78.6 Å². The van der Waals surface area contributed by atoms with Crippen LogP contribution < -0.4 is 9.80 Å². The molecule has 0 saturated heterocycles. The second-order valence-corrected chi connectivity index (χ2v) is 16.9. The Morgan fingerprint density at radius 1 is 0.538 bits per heavy atom. The van der Waals surface area contributed by atoms with Crippen LogP contribution in [0.2, 0.25) is 0 Å². The van der Waals surface area contributed by atoms with Gasteiger partial charge in [-0.15, -0.1) is 0 Å². The van der Waals surface area contributed by atoms with Crippen molar-refractivity contribution in [2.45, 2.75) is 32.2 Å². The van der Waals surface area contributed by atoms with E-state index >= 15 is 0 Å². The lowest BCUT2D eigenvalue weighted by molar-refractivity contribution is 0.624. The van der Waals surface area contributed by atoms with Gasteiger partial charge in [-0.2, -0.15) is 0 Å². The fourth-order valence-electron chi connectivity index (χ4n) is 9.90. The summed E-state index contributed by atoms with van der Waals surface area (Å²) in [5.41, 5.74) is 16.3. The molecule has 0 bridgehead atoms. The van der Waals surface area contributed by atoms with Gasteiger partial charge in [-0.25, -0.2) is 0 Å². The predicted octanol–water partition coefficient (Wildman–Crippen LogP) is 17.1. The van der Waals surface area contributed by atoms with Crippen LogP contribution in [0.15, 0.2) is 231 Å². The van der Waals surface area contributed by atoms with Crippen molar-refractivity contribution in [1.29, 1.82) is 0 Å². The Labute approximate surface area is 381 Å². The molecule has 0 saturated carbocycles. The Morgan fingerprint density at radius 2 is 1.11 bits per heavy atom. The minimum atomic E-state index is 0.227. The number of fused-ring (bicyclic) bond motifs is 4. The van der Waals surface area contributed by atoms with Gasteiger partial charge in [0.25, 0.3) is 0 Å². The molecule has 2 aliphatic rings. The summed E-state index contributed by atoms with van der Waals surface area (Å²) in [4.78, 5) is 4.73.